The van der Waals surface area contributed by atoms with E-state index in [9.17, 15) is 10.2 Å². The molecule has 4 heteroatoms. The number of fused-ring (bicyclic) bond motifs is 5. The largest absolute Gasteiger partial charge is 0.414 e. The average Bonchev–Trinajstić information content (AvgIpc) is 3.14. The SMILES string of the molecule is CC(C)CCC[C@@H](C)[C@H]1CC[C@H]2[C@@H]3[C@@H](O)[C@H](O)[C@H]4CC(O[Si](C)(C)C(C)(C)C)CC[C@]4(C)[C@H]3CC[C@]12C. The molecule has 0 amide bonds. The maximum absolute atomic E-state index is 11.8. The first-order chi connectivity index (χ1) is 17.0. The smallest absolute Gasteiger partial charge is 0.192 e. The standard InChI is InChI=1S/C33H62O3Si/c1-21(2)12-11-13-22(3)24-14-15-25-28-26(17-19-32(24,25)7)33(8)18-16-23(20-27(33)29(34)30(28)35)36-37(9,10)31(4,5)6/h21-30,34-35H,11-20H2,1-10H3/t22-,23?,24-,25+,26+,27-,28+,29-,30-,32-,33-/m1/s1. The lowest BCUT2D eigenvalue weighted by atomic mass is 9.43. The summed E-state index contributed by atoms with van der Waals surface area (Å²) < 4.78 is 6.88. The molecule has 0 spiro atoms. The van der Waals surface area contributed by atoms with Crippen molar-refractivity contribution >= 4 is 8.32 Å². The minimum Gasteiger partial charge on any atom is -0.414 e. The first-order valence-electron chi connectivity index (χ1n) is 16.1. The highest BCUT2D eigenvalue weighted by atomic mass is 28.4. The van der Waals surface area contributed by atoms with E-state index in [1.165, 1.54) is 44.9 Å². The van der Waals surface area contributed by atoms with Gasteiger partial charge in [0.1, 0.15) is 0 Å². The molecule has 0 heterocycles. The lowest BCUT2D eigenvalue weighted by Gasteiger charge is -2.64. The van der Waals surface area contributed by atoms with E-state index in [1.807, 2.05) is 0 Å². The van der Waals surface area contributed by atoms with E-state index in [4.69, 9.17) is 4.43 Å². The summed E-state index contributed by atoms with van der Waals surface area (Å²) in [6.45, 7) is 23.9. The van der Waals surface area contributed by atoms with Crippen LogP contribution in [0, 0.1) is 52.3 Å². The Kier molecular flexibility index (Phi) is 8.53. The van der Waals surface area contributed by atoms with E-state index in [1.54, 1.807) is 0 Å². The van der Waals surface area contributed by atoms with Crippen molar-refractivity contribution in [3.8, 4) is 0 Å². The Morgan fingerprint density at radius 1 is 0.838 bits per heavy atom. The molecule has 37 heavy (non-hydrogen) atoms. The fraction of sp³-hybridized carbons (Fsp3) is 1.00. The summed E-state index contributed by atoms with van der Waals surface area (Å²) in [5.41, 5.74) is 0.448. The molecule has 11 atom stereocenters. The summed E-state index contributed by atoms with van der Waals surface area (Å²) in [5.74, 6) is 3.86. The third-order valence-electron chi connectivity index (χ3n) is 13.2. The van der Waals surface area contributed by atoms with Crippen LogP contribution in [0.5, 0.6) is 0 Å². The predicted molar refractivity (Wildman–Crippen MR) is 158 cm³/mol. The second kappa shape index (κ2) is 10.5. The van der Waals surface area contributed by atoms with E-state index >= 15 is 0 Å². The third-order valence-corrected chi connectivity index (χ3v) is 17.7. The summed E-state index contributed by atoms with van der Waals surface area (Å²) in [5, 5.41) is 23.7. The van der Waals surface area contributed by atoms with Crippen LogP contribution < -0.4 is 0 Å². The highest BCUT2D eigenvalue weighted by Crippen LogP contribution is 2.68. The normalized spacial score (nSPS) is 45.3. The monoisotopic (exact) mass is 534 g/mol. The lowest BCUT2D eigenvalue weighted by Crippen LogP contribution is -2.64. The van der Waals surface area contributed by atoms with Crippen LogP contribution in [-0.4, -0.2) is 36.8 Å². The summed E-state index contributed by atoms with van der Waals surface area (Å²) in [6.07, 6.45) is 11.4. The second-order valence-electron chi connectivity index (χ2n) is 16.7. The van der Waals surface area contributed by atoms with Crippen LogP contribution in [0.25, 0.3) is 0 Å². The molecule has 0 saturated heterocycles. The van der Waals surface area contributed by atoms with Gasteiger partial charge in [-0.1, -0.05) is 74.7 Å². The van der Waals surface area contributed by atoms with Gasteiger partial charge in [-0.2, -0.15) is 0 Å². The molecule has 0 aromatic heterocycles. The Bertz CT molecular complexity index is 789. The van der Waals surface area contributed by atoms with Crippen LogP contribution in [0.3, 0.4) is 0 Å². The van der Waals surface area contributed by atoms with Crippen molar-refractivity contribution in [3.05, 3.63) is 0 Å². The molecule has 4 fully saturated rings. The first-order valence-corrected chi connectivity index (χ1v) is 19.0. The van der Waals surface area contributed by atoms with Gasteiger partial charge in [0.2, 0.25) is 0 Å². The van der Waals surface area contributed by atoms with Gasteiger partial charge in [0, 0.05) is 6.10 Å². The van der Waals surface area contributed by atoms with E-state index in [2.05, 4.69) is 68.5 Å². The Morgan fingerprint density at radius 2 is 1.46 bits per heavy atom. The first kappa shape index (κ1) is 30.1. The van der Waals surface area contributed by atoms with Crippen molar-refractivity contribution in [2.45, 2.75) is 156 Å². The van der Waals surface area contributed by atoms with Gasteiger partial charge in [0.05, 0.1) is 12.2 Å². The van der Waals surface area contributed by atoms with Gasteiger partial charge >= 0.3 is 0 Å². The van der Waals surface area contributed by atoms with Gasteiger partial charge in [-0.3, -0.25) is 0 Å². The highest BCUT2D eigenvalue weighted by molar-refractivity contribution is 6.74. The molecule has 0 bridgehead atoms. The Labute approximate surface area is 231 Å². The number of hydrogen-bond donors (Lipinski definition) is 2. The minimum atomic E-state index is -1.85. The van der Waals surface area contributed by atoms with Crippen LogP contribution >= 0.6 is 0 Å². The number of rotatable bonds is 7. The molecule has 0 aliphatic heterocycles. The van der Waals surface area contributed by atoms with Gasteiger partial charge in [-0.15, -0.1) is 0 Å². The molecular formula is C33H62O3Si. The molecule has 0 aromatic carbocycles. The van der Waals surface area contributed by atoms with Gasteiger partial charge in [0.15, 0.2) is 8.32 Å². The van der Waals surface area contributed by atoms with Crippen LogP contribution in [0.1, 0.15) is 120 Å². The van der Waals surface area contributed by atoms with Crippen LogP contribution in [0.15, 0.2) is 0 Å². The van der Waals surface area contributed by atoms with Crippen molar-refractivity contribution in [1.82, 2.24) is 0 Å². The Balaban J connectivity index is 1.50. The third kappa shape index (κ3) is 5.29. The van der Waals surface area contributed by atoms with Crippen molar-refractivity contribution in [2.75, 3.05) is 0 Å². The fourth-order valence-corrected chi connectivity index (χ4v) is 11.3. The van der Waals surface area contributed by atoms with E-state index in [0.717, 1.165) is 37.0 Å². The van der Waals surface area contributed by atoms with E-state index < -0.39 is 20.5 Å². The minimum absolute atomic E-state index is 0.124. The van der Waals surface area contributed by atoms with Crippen LogP contribution in [-0.2, 0) is 4.43 Å². The molecule has 4 aliphatic rings. The summed E-state index contributed by atoms with van der Waals surface area (Å²) >= 11 is 0. The molecule has 4 rings (SSSR count). The summed E-state index contributed by atoms with van der Waals surface area (Å²) in [7, 11) is -1.85. The Morgan fingerprint density at radius 3 is 2.08 bits per heavy atom. The van der Waals surface area contributed by atoms with Crippen molar-refractivity contribution in [3.63, 3.8) is 0 Å². The van der Waals surface area contributed by atoms with E-state index in [0.29, 0.717) is 17.3 Å². The molecule has 2 N–H and O–H groups in total. The van der Waals surface area contributed by atoms with Crippen LogP contribution in [0.2, 0.25) is 18.1 Å². The quantitative estimate of drug-likeness (QED) is 0.322. The van der Waals surface area contributed by atoms with Gasteiger partial charge in [-0.25, -0.2) is 0 Å². The Hall–Kier alpha value is 0.0969. The lowest BCUT2D eigenvalue weighted by molar-refractivity contribution is -0.222. The highest BCUT2D eigenvalue weighted by Gasteiger charge is 2.65. The molecule has 3 nitrogen and oxygen atoms in total. The zero-order chi connectivity index (χ0) is 27.6. The average molecular weight is 535 g/mol. The number of aliphatic hydroxyl groups excluding tert-OH is 2. The number of hydrogen-bond acceptors (Lipinski definition) is 3. The van der Waals surface area contributed by atoms with Gasteiger partial charge in [0.25, 0.3) is 0 Å². The van der Waals surface area contributed by atoms with Crippen molar-refractivity contribution < 1.29 is 14.6 Å². The van der Waals surface area contributed by atoms with Gasteiger partial charge < -0.3 is 14.6 Å². The van der Waals surface area contributed by atoms with Gasteiger partial charge in [-0.05, 0) is 115 Å². The van der Waals surface area contributed by atoms with E-state index in [-0.39, 0.29) is 28.4 Å². The zero-order valence-electron chi connectivity index (χ0n) is 26.1. The maximum Gasteiger partial charge on any atom is 0.192 e. The van der Waals surface area contributed by atoms with Crippen molar-refractivity contribution in [2.24, 2.45) is 52.3 Å². The molecule has 0 aromatic rings. The molecular weight excluding hydrogens is 472 g/mol. The number of aliphatic hydroxyl groups is 2. The topological polar surface area (TPSA) is 49.7 Å². The molecule has 4 saturated carbocycles. The molecule has 0 radical (unpaired) electrons. The predicted octanol–water partition coefficient (Wildman–Crippen LogP) is 8.44. The van der Waals surface area contributed by atoms with Crippen LogP contribution in [0.4, 0.5) is 0 Å². The van der Waals surface area contributed by atoms with Crippen molar-refractivity contribution in [1.29, 1.82) is 0 Å². The fourth-order valence-electron chi connectivity index (χ4n) is 9.95. The molecule has 4 aliphatic carbocycles. The zero-order valence-corrected chi connectivity index (χ0v) is 27.1. The molecule has 1 unspecified atom stereocenters. The molecule has 216 valence electrons. The summed E-state index contributed by atoms with van der Waals surface area (Å²) in [6, 6.07) is 0. The maximum atomic E-state index is 11.8. The second-order valence-corrected chi connectivity index (χ2v) is 21.4. The summed E-state index contributed by atoms with van der Waals surface area (Å²) in [4.78, 5) is 0.